The Balaban J connectivity index is 1.72. The number of carbonyl (C=O) groups is 1. The smallest absolute Gasteiger partial charge is 0.395 e. The summed E-state index contributed by atoms with van der Waals surface area (Å²) < 4.78 is 9.99. The van der Waals surface area contributed by atoms with E-state index in [4.69, 9.17) is 9.47 Å². The molecule has 0 radical (unpaired) electrons. The zero-order valence-electron chi connectivity index (χ0n) is 10.9. The number of nitro benzene ring substituents is 1. The van der Waals surface area contributed by atoms with Gasteiger partial charge < -0.3 is 9.47 Å². The second-order valence-corrected chi connectivity index (χ2v) is 4.17. The van der Waals surface area contributed by atoms with E-state index in [2.05, 4.69) is 15.4 Å². The number of non-ortho nitro benzene ring substituents is 1. The van der Waals surface area contributed by atoms with Crippen LogP contribution in [0.3, 0.4) is 0 Å². The average Bonchev–Trinajstić information content (AvgIpc) is 2.97. The number of aromatic nitrogens is 3. The van der Waals surface area contributed by atoms with Gasteiger partial charge in [-0.25, -0.2) is 4.79 Å². The summed E-state index contributed by atoms with van der Waals surface area (Å²) in [4.78, 5) is 21.7. The highest BCUT2D eigenvalue weighted by Gasteiger charge is 2.13. The molecule has 3 rings (SSSR count). The Hall–Kier alpha value is -3.49. The number of carbonyl (C=O) groups excluding carboxylic acids is 1. The van der Waals surface area contributed by atoms with E-state index in [0.29, 0.717) is 11.0 Å². The Morgan fingerprint density at radius 3 is 2.64 bits per heavy atom. The Labute approximate surface area is 122 Å². The molecule has 0 fully saturated rings. The van der Waals surface area contributed by atoms with Crippen LogP contribution in [0.2, 0.25) is 0 Å². The van der Waals surface area contributed by atoms with E-state index >= 15 is 0 Å². The zero-order chi connectivity index (χ0) is 15.5. The van der Waals surface area contributed by atoms with E-state index in [9.17, 15) is 14.9 Å². The Bertz CT molecular complexity index is 843. The minimum Gasteiger partial charge on any atom is -0.395 e. The fourth-order valence-corrected chi connectivity index (χ4v) is 1.77. The fraction of sp³-hybridized carbons (Fsp3) is 0. The van der Waals surface area contributed by atoms with Gasteiger partial charge in [0.15, 0.2) is 11.3 Å². The molecule has 1 heterocycles. The number of nitrogens with zero attached hydrogens (tertiary/aromatic N) is 3. The first kappa shape index (κ1) is 13.5. The molecule has 0 saturated carbocycles. The van der Waals surface area contributed by atoms with Crippen LogP contribution in [0.5, 0.6) is 11.5 Å². The molecule has 0 saturated heterocycles. The summed E-state index contributed by atoms with van der Waals surface area (Å²) in [7, 11) is 0. The van der Waals surface area contributed by atoms with Crippen molar-refractivity contribution in [3.8, 4) is 11.5 Å². The maximum atomic E-state index is 11.7. The van der Waals surface area contributed by atoms with Gasteiger partial charge in [-0.05, 0) is 24.3 Å². The molecule has 0 atom stereocenters. The van der Waals surface area contributed by atoms with Crippen molar-refractivity contribution in [2.75, 3.05) is 0 Å². The van der Waals surface area contributed by atoms with Gasteiger partial charge in [0.1, 0.15) is 5.75 Å². The summed E-state index contributed by atoms with van der Waals surface area (Å²) in [5.74, 6) is 0.320. The molecule has 2 aromatic carbocycles. The lowest BCUT2D eigenvalue weighted by atomic mass is 10.3. The third-order valence-corrected chi connectivity index (χ3v) is 2.76. The number of H-pyrrole nitrogens is 1. The SMILES string of the molecule is O=C(Oc1ccc([N+](=O)[O-])cc1)Oc1cccc2[nH]nnc12. The lowest BCUT2D eigenvalue weighted by molar-refractivity contribution is -0.384. The number of fused-ring (bicyclic) bond motifs is 1. The molecule has 0 amide bonds. The van der Waals surface area contributed by atoms with Crippen LogP contribution in [0, 0.1) is 10.1 Å². The Morgan fingerprint density at radius 1 is 1.14 bits per heavy atom. The van der Waals surface area contributed by atoms with Crippen LogP contribution < -0.4 is 9.47 Å². The van der Waals surface area contributed by atoms with E-state index in [1.54, 1.807) is 18.2 Å². The lowest BCUT2D eigenvalue weighted by Gasteiger charge is -2.05. The molecule has 0 bridgehead atoms. The molecule has 3 aromatic rings. The van der Waals surface area contributed by atoms with Gasteiger partial charge in [-0.2, -0.15) is 0 Å². The van der Waals surface area contributed by atoms with Gasteiger partial charge in [-0.15, -0.1) is 5.10 Å². The van der Waals surface area contributed by atoms with Crippen LogP contribution >= 0.6 is 0 Å². The molecule has 0 aliphatic carbocycles. The molecule has 0 spiro atoms. The molecular weight excluding hydrogens is 292 g/mol. The number of hydrogen-bond donors (Lipinski definition) is 1. The molecule has 0 unspecified atom stereocenters. The monoisotopic (exact) mass is 300 g/mol. The van der Waals surface area contributed by atoms with Crippen molar-refractivity contribution < 1.29 is 19.2 Å². The van der Waals surface area contributed by atoms with Crippen molar-refractivity contribution in [3.63, 3.8) is 0 Å². The standard InChI is InChI=1S/C13H8N4O5/c18-13(21-9-6-4-8(5-7-9)17(19)20)22-11-3-1-2-10-12(11)15-16-14-10/h1-7H,(H,14,15,16). The first-order valence-electron chi connectivity index (χ1n) is 6.07. The summed E-state index contributed by atoms with van der Waals surface area (Å²) in [6.07, 6.45) is -0.982. The van der Waals surface area contributed by atoms with Crippen molar-refractivity contribution in [1.82, 2.24) is 15.4 Å². The molecule has 22 heavy (non-hydrogen) atoms. The van der Waals surface area contributed by atoms with Crippen LogP contribution in [0.15, 0.2) is 42.5 Å². The van der Waals surface area contributed by atoms with Crippen molar-refractivity contribution in [2.24, 2.45) is 0 Å². The average molecular weight is 300 g/mol. The van der Waals surface area contributed by atoms with Gasteiger partial charge in [0.2, 0.25) is 0 Å². The first-order valence-corrected chi connectivity index (χ1v) is 6.07. The summed E-state index contributed by atoms with van der Waals surface area (Å²) in [5.41, 5.74) is 0.900. The van der Waals surface area contributed by atoms with Gasteiger partial charge in [0.25, 0.3) is 5.69 Å². The van der Waals surface area contributed by atoms with E-state index in [-0.39, 0.29) is 17.2 Å². The molecule has 1 aromatic heterocycles. The summed E-state index contributed by atoms with van der Waals surface area (Å²) in [6, 6.07) is 9.98. The number of rotatable bonds is 3. The van der Waals surface area contributed by atoms with Gasteiger partial charge in [0.05, 0.1) is 10.4 Å². The quantitative estimate of drug-likeness (QED) is 0.341. The summed E-state index contributed by atoms with van der Waals surface area (Å²) >= 11 is 0. The zero-order valence-corrected chi connectivity index (χ0v) is 10.9. The Kier molecular flexibility index (Phi) is 3.36. The predicted octanol–water partition coefficient (Wildman–Crippen LogP) is 2.44. The summed E-state index contributed by atoms with van der Waals surface area (Å²) in [5, 5.41) is 20.6. The number of nitro groups is 1. The molecular formula is C13H8N4O5. The number of aromatic amines is 1. The van der Waals surface area contributed by atoms with Crippen molar-refractivity contribution in [3.05, 3.63) is 52.6 Å². The minimum atomic E-state index is -0.982. The fourth-order valence-electron chi connectivity index (χ4n) is 1.77. The first-order chi connectivity index (χ1) is 10.6. The molecule has 0 aliphatic rings. The van der Waals surface area contributed by atoms with Crippen LogP contribution in [-0.2, 0) is 0 Å². The third kappa shape index (κ3) is 2.68. The topological polar surface area (TPSA) is 120 Å². The van der Waals surface area contributed by atoms with Crippen LogP contribution in [0.1, 0.15) is 0 Å². The van der Waals surface area contributed by atoms with E-state index in [1.165, 1.54) is 24.3 Å². The van der Waals surface area contributed by atoms with E-state index in [0.717, 1.165) is 0 Å². The van der Waals surface area contributed by atoms with Crippen LogP contribution in [0.25, 0.3) is 11.0 Å². The lowest BCUT2D eigenvalue weighted by Crippen LogP contribution is -2.14. The largest absolute Gasteiger partial charge is 0.519 e. The summed E-state index contributed by atoms with van der Waals surface area (Å²) in [6.45, 7) is 0. The second-order valence-electron chi connectivity index (χ2n) is 4.17. The maximum absolute atomic E-state index is 11.7. The molecule has 1 N–H and O–H groups in total. The van der Waals surface area contributed by atoms with Gasteiger partial charge in [-0.1, -0.05) is 11.3 Å². The maximum Gasteiger partial charge on any atom is 0.519 e. The predicted molar refractivity (Wildman–Crippen MR) is 73.6 cm³/mol. The van der Waals surface area contributed by atoms with Crippen molar-refractivity contribution in [1.29, 1.82) is 0 Å². The highest BCUT2D eigenvalue weighted by Crippen LogP contribution is 2.23. The third-order valence-electron chi connectivity index (χ3n) is 2.76. The van der Waals surface area contributed by atoms with Gasteiger partial charge in [0, 0.05) is 12.1 Å². The normalized spacial score (nSPS) is 10.4. The molecule has 9 nitrogen and oxygen atoms in total. The van der Waals surface area contributed by atoms with Crippen LogP contribution in [0.4, 0.5) is 10.5 Å². The highest BCUT2D eigenvalue weighted by molar-refractivity contribution is 5.83. The Morgan fingerprint density at radius 2 is 1.91 bits per heavy atom. The van der Waals surface area contributed by atoms with Crippen molar-refractivity contribution >= 4 is 22.9 Å². The minimum absolute atomic E-state index is 0.104. The number of ether oxygens (including phenoxy) is 2. The number of hydrogen-bond acceptors (Lipinski definition) is 7. The molecule has 9 heteroatoms. The van der Waals surface area contributed by atoms with E-state index in [1.807, 2.05) is 0 Å². The molecule has 110 valence electrons. The van der Waals surface area contributed by atoms with Crippen LogP contribution in [-0.4, -0.2) is 26.5 Å². The van der Waals surface area contributed by atoms with Gasteiger partial charge in [-0.3, -0.25) is 15.2 Å². The van der Waals surface area contributed by atoms with Crippen molar-refractivity contribution in [2.45, 2.75) is 0 Å². The number of nitrogens with one attached hydrogen (secondary N) is 1. The highest BCUT2D eigenvalue weighted by atomic mass is 16.7. The van der Waals surface area contributed by atoms with E-state index < -0.39 is 11.1 Å². The van der Waals surface area contributed by atoms with Gasteiger partial charge >= 0.3 is 6.16 Å². The number of benzene rings is 2. The molecule has 0 aliphatic heterocycles. The second kappa shape index (κ2) is 5.48.